The zero-order valence-corrected chi connectivity index (χ0v) is 24.1. The van der Waals surface area contributed by atoms with E-state index in [-0.39, 0.29) is 0 Å². The number of hydrogen-bond acceptors (Lipinski definition) is 4. The molecule has 0 spiro atoms. The Morgan fingerprint density at radius 1 is 1.13 bits per heavy atom. The van der Waals surface area contributed by atoms with Crippen molar-refractivity contribution in [2.45, 2.75) is 72.1 Å². The van der Waals surface area contributed by atoms with Gasteiger partial charge in [0.1, 0.15) is 6.33 Å². The van der Waals surface area contributed by atoms with Gasteiger partial charge in [-0.3, -0.25) is 9.69 Å². The predicted molar refractivity (Wildman–Crippen MR) is 157 cm³/mol. The molecule has 1 amide bonds. The fourth-order valence-corrected chi connectivity index (χ4v) is 6.89. The molecule has 7 heteroatoms. The van der Waals surface area contributed by atoms with Crippen molar-refractivity contribution in [2.75, 3.05) is 32.7 Å². The fraction of sp³-hybridized carbons (Fsp3) is 0.531. The van der Waals surface area contributed by atoms with Gasteiger partial charge in [0.05, 0.1) is 12.2 Å². The van der Waals surface area contributed by atoms with Crippen molar-refractivity contribution < 1.29 is 4.79 Å². The molecule has 2 aliphatic rings. The number of benzene rings is 1. The zero-order valence-electron chi connectivity index (χ0n) is 24.1. The number of hydrogen-bond donors (Lipinski definition) is 1. The van der Waals surface area contributed by atoms with E-state index in [4.69, 9.17) is 0 Å². The molecule has 6 rings (SSSR count). The molecule has 0 bridgehead atoms. The summed E-state index contributed by atoms with van der Waals surface area (Å²) in [7, 11) is 0. The van der Waals surface area contributed by atoms with Crippen LogP contribution in [0.2, 0.25) is 0 Å². The molecule has 7 nitrogen and oxygen atoms in total. The van der Waals surface area contributed by atoms with Crippen LogP contribution in [-0.4, -0.2) is 68.0 Å². The minimum Gasteiger partial charge on any atom is -0.354 e. The van der Waals surface area contributed by atoms with Crippen LogP contribution in [0.25, 0.3) is 27.8 Å². The van der Waals surface area contributed by atoms with E-state index in [1.807, 2.05) is 4.52 Å². The third-order valence-electron chi connectivity index (χ3n) is 9.61. The lowest BCUT2D eigenvalue weighted by atomic mass is 9.75. The molecule has 5 heterocycles. The summed E-state index contributed by atoms with van der Waals surface area (Å²) in [6, 6.07) is 9.20. The summed E-state index contributed by atoms with van der Waals surface area (Å²) in [6.07, 6.45) is 8.23. The summed E-state index contributed by atoms with van der Waals surface area (Å²) < 4.78 is 1.87. The van der Waals surface area contributed by atoms with Gasteiger partial charge in [-0.1, -0.05) is 33.8 Å². The fourth-order valence-electron chi connectivity index (χ4n) is 6.89. The van der Waals surface area contributed by atoms with E-state index in [1.54, 1.807) is 6.33 Å². The van der Waals surface area contributed by atoms with Crippen LogP contribution in [0.5, 0.6) is 0 Å². The van der Waals surface area contributed by atoms with Gasteiger partial charge < -0.3 is 9.88 Å². The molecule has 4 aromatic rings. The minimum absolute atomic E-state index is 0.313. The minimum atomic E-state index is 0.313. The molecule has 0 saturated carbocycles. The lowest BCUT2D eigenvalue weighted by Gasteiger charge is -2.50. The molecule has 0 aliphatic carbocycles. The Morgan fingerprint density at radius 3 is 2.56 bits per heavy atom. The van der Waals surface area contributed by atoms with Crippen molar-refractivity contribution in [2.24, 2.45) is 5.41 Å². The first-order valence-electron chi connectivity index (χ1n) is 14.8. The molecule has 3 aromatic heterocycles. The van der Waals surface area contributed by atoms with Crippen LogP contribution < -0.4 is 0 Å². The third kappa shape index (κ3) is 4.65. The number of likely N-dealkylation sites (tertiary alicyclic amines) is 2. The number of carbonyl (C=O) groups excluding carboxylic acids is 1. The molecule has 2 aliphatic heterocycles. The Balaban J connectivity index is 1.18. The van der Waals surface area contributed by atoms with Gasteiger partial charge in [0.2, 0.25) is 5.91 Å². The van der Waals surface area contributed by atoms with Gasteiger partial charge in [0, 0.05) is 41.2 Å². The topological polar surface area (TPSA) is 69.5 Å². The van der Waals surface area contributed by atoms with Gasteiger partial charge in [-0.25, -0.2) is 9.50 Å². The third-order valence-corrected chi connectivity index (χ3v) is 9.61. The first-order chi connectivity index (χ1) is 18.8. The summed E-state index contributed by atoms with van der Waals surface area (Å²) in [5.74, 6) is 1.22. The van der Waals surface area contributed by atoms with E-state index in [2.05, 4.69) is 89.9 Å². The van der Waals surface area contributed by atoms with E-state index < -0.39 is 0 Å². The van der Waals surface area contributed by atoms with E-state index >= 15 is 0 Å². The van der Waals surface area contributed by atoms with Gasteiger partial charge >= 0.3 is 0 Å². The summed E-state index contributed by atoms with van der Waals surface area (Å²) in [5, 5.41) is 5.71. The average molecular weight is 527 g/mol. The van der Waals surface area contributed by atoms with Crippen molar-refractivity contribution in [3.8, 4) is 11.3 Å². The average Bonchev–Trinajstić information content (AvgIpc) is 3.54. The highest BCUT2D eigenvalue weighted by atomic mass is 16.2. The van der Waals surface area contributed by atoms with Crippen LogP contribution in [0, 0.1) is 12.3 Å². The summed E-state index contributed by atoms with van der Waals surface area (Å²) in [4.78, 5) is 25.4. The Hall–Kier alpha value is -3.19. The number of piperidine rings is 1. The highest BCUT2D eigenvalue weighted by molar-refractivity contribution is 5.92. The number of H-pyrrole nitrogens is 1. The van der Waals surface area contributed by atoms with Gasteiger partial charge in [-0.05, 0) is 92.4 Å². The first kappa shape index (κ1) is 26.1. The second kappa shape index (κ2) is 10.1. The van der Waals surface area contributed by atoms with Crippen molar-refractivity contribution in [3.63, 3.8) is 0 Å². The maximum Gasteiger partial charge on any atom is 0.236 e. The van der Waals surface area contributed by atoms with E-state index in [9.17, 15) is 4.79 Å². The van der Waals surface area contributed by atoms with Crippen LogP contribution in [0.15, 0.2) is 36.8 Å². The molecule has 0 radical (unpaired) electrons. The summed E-state index contributed by atoms with van der Waals surface area (Å²) in [5.41, 5.74) is 8.66. The molecule has 1 N–H and O–H groups in total. The largest absolute Gasteiger partial charge is 0.354 e. The highest BCUT2D eigenvalue weighted by Crippen LogP contribution is 2.39. The molecule has 0 atom stereocenters. The van der Waals surface area contributed by atoms with Crippen LogP contribution in [0.3, 0.4) is 0 Å². The number of nitrogens with zero attached hydrogens (tertiary/aromatic N) is 5. The molecular formula is C32H42N6O. The number of aromatic amines is 1. The van der Waals surface area contributed by atoms with Gasteiger partial charge in [-0.15, -0.1) is 0 Å². The molecule has 39 heavy (non-hydrogen) atoms. The monoisotopic (exact) mass is 526 g/mol. The number of fused-ring (bicyclic) bond motifs is 2. The van der Waals surface area contributed by atoms with Crippen LogP contribution in [0.1, 0.15) is 81.9 Å². The van der Waals surface area contributed by atoms with E-state index in [0.717, 1.165) is 55.8 Å². The number of carbonyl (C=O) groups is 1. The first-order valence-corrected chi connectivity index (χ1v) is 14.8. The summed E-state index contributed by atoms with van der Waals surface area (Å²) >= 11 is 0. The van der Waals surface area contributed by atoms with Crippen LogP contribution >= 0.6 is 0 Å². The van der Waals surface area contributed by atoms with Crippen molar-refractivity contribution in [3.05, 3.63) is 53.5 Å². The number of aromatic nitrogens is 4. The second-order valence-corrected chi connectivity index (χ2v) is 12.3. The molecular weight excluding hydrogens is 484 g/mol. The number of pyridine rings is 1. The Kier molecular flexibility index (Phi) is 6.74. The standard InChI is InChI=1S/C32H42N6O/c1-6-32(7-2)18-37(19-32)28(39)17-36-12-10-23(11-13-36)24-8-9-27-26(15-24)29(21(3)4)30(35-27)25-14-22(5)31-33-20-34-38(31)16-25/h8-9,14-16,20-21,23,35H,6-7,10-13,17-19H2,1-5H3. The predicted octanol–water partition coefficient (Wildman–Crippen LogP) is 6.14. The Labute approximate surface area is 231 Å². The maximum absolute atomic E-state index is 12.9. The molecule has 0 unspecified atom stereocenters. The zero-order chi connectivity index (χ0) is 27.3. The Bertz CT molecular complexity index is 1490. The molecule has 2 saturated heterocycles. The van der Waals surface area contributed by atoms with Gasteiger partial charge in [0.25, 0.3) is 0 Å². The van der Waals surface area contributed by atoms with Crippen molar-refractivity contribution in [1.82, 2.24) is 29.4 Å². The maximum atomic E-state index is 12.9. The molecule has 2 fully saturated rings. The Morgan fingerprint density at radius 2 is 1.87 bits per heavy atom. The van der Waals surface area contributed by atoms with Crippen molar-refractivity contribution >= 4 is 22.5 Å². The highest BCUT2D eigenvalue weighted by Gasteiger charge is 2.42. The number of rotatable bonds is 7. The van der Waals surface area contributed by atoms with Gasteiger partial charge in [-0.2, -0.15) is 5.10 Å². The van der Waals surface area contributed by atoms with Crippen molar-refractivity contribution in [1.29, 1.82) is 0 Å². The quantitative estimate of drug-likeness (QED) is 0.314. The summed E-state index contributed by atoms with van der Waals surface area (Å²) in [6.45, 7) is 15.6. The second-order valence-electron chi connectivity index (χ2n) is 12.3. The molecule has 1 aromatic carbocycles. The lowest BCUT2D eigenvalue weighted by molar-refractivity contribution is -0.145. The van der Waals surface area contributed by atoms with Crippen LogP contribution in [-0.2, 0) is 4.79 Å². The van der Waals surface area contributed by atoms with E-state index in [1.165, 1.54) is 40.6 Å². The SMILES string of the molecule is CCC1(CC)CN(C(=O)CN2CCC(c3ccc4[nH]c(-c5cc(C)c6ncnn6c5)c(C(C)C)c4c3)CC2)C1. The smallest absolute Gasteiger partial charge is 0.236 e. The normalized spacial score (nSPS) is 18.4. The van der Waals surface area contributed by atoms with Crippen LogP contribution in [0.4, 0.5) is 0 Å². The lowest BCUT2D eigenvalue weighted by Crippen LogP contribution is -2.59. The number of amides is 1. The molecule has 206 valence electrons. The van der Waals surface area contributed by atoms with E-state index in [0.29, 0.717) is 29.7 Å². The number of nitrogens with one attached hydrogen (secondary N) is 1. The number of aryl methyl sites for hydroxylation is 1. The van der Waals surface area contributed by atoms with Gasteiger partial charge in [0.15, 0.2) is 5.65 Å².